The van der Waals surface area contributed by atoms with Crippen LogP contribution in [0.15, 0.2) is 0 Å². The first-order valence-corrected chi connectivity index (χ1v) is 8.79. The van der Waals surface area contributed by atoms with E-state index in [0.29, 0.717) is 0 Å². The molecule has 26 heavy (non-hydrogen) atoms. The molecule has 1 aliphatic rings. The first-order valence-electron chi connectivity index (χ1n) is 7.38. The Hall–Kier alpha value is -0.540. The summed E-state index contributed by atoms with van der Waals surface area (Å²) in [6, 6.07) is 0. The second kappa shape index (κ2) is 8.65. The third-order valence-electron chi connectivity index (χ3n) is 4.36. The first kappa shape index (κ1) is 23.5. The van der Waals surface area contributed by atoms with E-state index in [9.17, 15) is 60.4 Å². The molecule has 0 radical (unpaired) electrons. The molecule has 1 saturated carbocycles. The van der Waals surface area contributed by atoms with Gasteiger partial charge >= 0.3 is 0 Å². The molecule has 0 aromatic carbocycles. The summed E-state index contributed by atoms with van der Waals surface area (Å²) in [6.45, 7) is -1.06. The maximum Gasteiger partial charge on any atom is 0.222 e. The van der Waals surface area contributed by atoms with Gasteiger partial charge in [-0.25, -0.2) is 0 Å². The molecule has 11 N–H and O–H groups in total. The molecule has 1 aliphatic carbocycles. The molecule has 0 bridgehead atoms. The molecule has 14 heteroatoms. The summed E-state index contributed by atoms with van der Waals surface area (Å²) in [7, 11) is -4.39. The maximum absolute atomic E-state index is 12.3. The van der Waals surface area contributed by atoms with E-state index in [1.807, 2.05) is 0 Å². The van der Waals surface area contributed by atoms with E-state index in [4.69, 9.17) is 5.11 Å². The maximum atomic E-state index is 12.3. The van der Waals surface area contributed by atoms with Gasteiger partial charge in [0.05, 0.1) is 6.61 Å². The van der Waals surface area contributed by atoms with Gasteiger partial charge in [-0.1, -0.05) is 0 Å². The summed E-state index contributed by atoms with van der Waals surface area (Å²) in [5.74, 6) is 0. The Kier molecular flexibility index (Phi) is 7.81. The summed E-state index contributed by atoms with van der Waals surface area (Å²) < 4.78 is 12.3. The Morgan fingerprint density at radius 1 is 0.885 bits per heavy atom. The normalized spacial score (nSPS) is 41.1. The number of rotatable bonds is 7. The van der Waals surface area contributed by atoms with Crippen molar-refractivity contribution in [2.24, 2.45) is 0 Å². The molecule has 0 spiro atoms. The lowest BCUT2D eigenvalue weighted by Gasteiger charge is -2.46. The molecule has 154 valence electrons. The fraction of sp³-hybridized carbons (Fsp3) is 0.917. The summed E-state index contributed by atoms with van der Waals surface area (Å²) >= 11 is 0. The van der Waals surface area contributed by atoms with Crippen molar-refractivity contribution < 1.29 is 65.5 Å². The van der Waals surface area contributed by atoms with Crippen LogP contribution in [-0.4, -0.2) is 129 Å². The predicted molar refractivity (Wildman–Crippen MR) is 80.1 cm³/mol. The fourth-order valence-electron chi connectivity index (χ4n) is 2.55. The summed E-state index contributed by atoms with van der Waals surface area (Å²) in [5.41, 5.74) is -1.87. The predicted octanol–water partition coefficient (Wildman–Crippen LogP) is -6.98. The monoisotopic (exact) mass is 406 g/mol. The Morgan fingerprint density at radius 3 is 1.69 bits per heavy atom. The van der Waals surface area contributed by atoms with Gasteiger partial charge < -0.3 is 60.7 Å². The molecule has 13 nitrogen and oxygen atoms in total. The number of hydrogen-bond acceptors (Lipinski definition) is 13. The van der Waals surface area contributed by atoms with Crippen molar-refractivity contribution in [3.8, 4) is 0 Å². The lowest BCUT2D eigenvalue weighted by molar-refractivity contribution is -0.238. The summed E-state index contributed by atoms with van der Waals surface area (Å²) in [6.07, 6.45) is -21.4. The van der Waals surface area contributed by atoms with Crippen LogP contribution < -0.4 is 0 Å². The average Bonchev–Trinajstić information content (AvgIpc) is 2.65. The molecule has 0 heterocycles. The van der Waals surface area contributed by atoms with Gasteiger partial charge in [-0.3, -0.25) is 4.79 Å². The molecular weight excluding hydrogens is 383 g/mol. The largest absolute Gasteiger partial charge is 0.394 e. The molecule has 1 fully saturated rings. The molecule has 0 aromatic rings. The third kappa shape index (κ3) is 3.85. The van der Waals surface area contributed by atoms with Crippen LogP contribution >= 0.6 is 7.80 Å². The van der Waals surface area contributed by atoms with E-state index >= 15 is 0 Å². The first-order chi connectivity index (χ1) is 11.8. The quantitative estimate of drug-likeness (QED) is 0.176. The van der Waals surface area contributed by atoms with Crippen LogP contribution in [0.25, 0.3) is 0 Å². The zero-order valence-corrected chi connectivity index (χ0v) is 14.1. The topological polar surface area (TPSA) is 257 Å². The highest BCUT2D eigenvalue weighted by molar-refractivity contribution is 7.65. The Bertz CT molecular complexity index is 513. The molecule has 0 aliphatic heterocycles. The minimum atomic E-state index is -4.39. The van der Waals surface area contributed by atoms with Gasteiger partial charge in [0, 0.05) is 0 Å². The van der Waals surface area contributed by atoms with Gasteiger partial charge in [0.2, 0.25) is 5.52 Å². The van der Waals surface area contributed by atoms with Gasteiger partial charge in [0.1, 0.15) is 54.9 Å². The Morgan fingerprint density at radius 2 is 1.31 bits per heavy atom. The number of aliphatic hydroxyl groups is 11. The van der Waals surface area contributed by atoms with Gasteiger partial charge in [-0.05, 0) is 0 Å². The van der Waals surface area contributed by atoms with Gasteiger partial charge in [0.25, 0.3) is 0 Å². The van der Waals surface area contributed by atoms with Crippen LogP contribution in [-0.2, 0) is 9.36 Å². The van der Waals surface area contributed by atoms with Crippen molar-refractivity contribution in [3.05, 3.63) is 0 Å². The number of carbonyl (C=O) groups excluding carboxylic acids is 1. The van der Waals surface area contributed by atoms with Crippen LogP contribution in [0.3, 0.4) is 0 Å². The zero-order valence-electron chi connectivity index (χ0n) is 13.1. The van der Waals surface area contributed by atoms with E-state index in [2.05, 4.69) is 0 Å². The highest BCUT2D eigenvalue weighted by Gasteiger charge is 2.62. The average molecular weight is 406 g/mol. The van der Waals surface area contributed by atoms with Crippen molar-refractivity contribution in [2.75, 3.05) is 6.61 Å². The van der Waals surface area contributed by atoms with E-state index in [0.717, 1.165) is 0 Å². The van der Waals surface area contributed by atoms with Crippen molar-refractivity contribution in [1.29, 1.82) is 0 Å². The molecule has 0 amide bonds. The number of carbonyl (C=O) groups is 1. The molecular formula is C12H23O13P. The fourth-order valence-corrected chi connectivity index (χ4v) is 4.26. The smallest absolute Gasteiger partial charge is 0.222 e. The van der Waals surface area contributed by atoms with Gasteiger partial charge in [0.15, 0.2) is 13.1 Å². The highest BCUT2D eigenvalue weighted by Crippen LogP contribution is 2.48. The minimum Gasteiger partial charge on any atom is -0.394 e. The summed E-state index contributed by atoms with van der Waals surface area (Å²) in [5, 5.41) is 102. The van der Waals surface area contributed by atoms with Crippen molar-refractivity contribution in [2.45, 2.75) is 60.3 Å². The van der Waals surface area contributed by atoms with E-state index < -0.39 is 80.2 Å². The molecule has 1 rings (SSSR count). The van der Waals surface area contributed by atoms with Crippen LogP contribution in [0.4, 0.5) is 0 Å². The molecule has 1 unspecified atom stereocenters. The van der Waals surface area contributed by atoms with Crippen LogP contribution in [0, 0.1) is 0 Å². The van der Waals surface area contributed by atoms with Crippen LogP contribution in [0.1, 0.15) is 0 Å². The molecule has 0 saturated heterocycles. The molecule has 11 atom stereocenters. The molecule has 0 aromatic heterocycles. The lowest BCUT2D eigenvalue weighted by atomic mass is 9.84. The minimum absolute atomic E-state index is 1.06. The highest BCUT2D eigenvalue weighted by atomic mass is 31.1. The summed E-state index contributed by atoms with van der Waals surface area (Å²) in [4.78, 5) is 12.0. The Balaban J connectivity index is 3.10. The van der Waals surface area contributed by atoms with Crippen LogP contribution in [0.5, 0.6) is 0 Å². The second-order valence-corrected chi connectivity index (χ2v) is 8.01. The van der Waals surface area contributed by atoms with E-state index in [-0.39, 0.29) is 0 Å². The van der Waals surface area contributed by atoms with Crippen molar-refractivity contribution >= 4 is 13.3 Å². The van der Waals surface area contributed by atoms with Crippen molar-refractivity contribution in [3.63, 3.8) is 0 Å². The van der Waals surface area contributed by atoms with E-state index in [1.165, 1.54) is 0 Å². The number of aliphatic hydroxyl groups excluding tert-OH is 10. The number of hydrogen-bond donors (Lipinski definition) is 11. The zero-order chi connectivity index (χ0) is 20.6. The standard InChI is InChI=1S/C12H23O13P/c13-1-2(14)3(15)4(16)8(20)11(23)26(25)12(24)9(21)6(18)5(17)7(19)10(12)22/h2-10,13-22,24,26H,1H2/t2-,3-,4+,5-,6-,7+,8+,9-,10-,12-/m1/s1. The van der Waals surface area contributed by atoms with Crippen LogP contribution in [0.2, 0.25) is 0 Å². The second-order valence-electron chi connectivity index (χ2n) is 6.06. The van der Waals surface area contributed by atoms with Crippen molar-refractivity contribution in [1.82, 2.24) is 0 Å². The Labute approximate surface area is 146 Å². The van der Waals surface area contributed by atoms with Gasteiger partial charge in [-0.15, -0.1) is 0 Å². The van der Waals surface area contributed by atoms with Gasteiger partial charge in [-0.2, -0.15) is 0 Å². The van der Waals surface area contributed by atoms with E-state index in [1.54, 1.807) is 0 Å². The SMILES string of the molecule is O=C([C@@H](O)[C@@H](O)[C@H](O)[C@H](O)CO)[PH](=O)[C@]1(O)[C@H](O)[C@H](O)[C@@H](O)[C@H](O)[C@H]1O. The lowest BCUT2D eigenvalue weighted by Crippen LogP contribution is -2.69. The third-order valence-corrected chi connectivity index (χ3v) is 6.42.